The van der Waals surface area contributed by atoms with Crippen molar-refractivity contribution >= 4 is 21.7 Å². The van der Waals surface area contributed by atoms with Crippen LogP contribution in [0.5, 0.6) is 0 Å². The molecule has 6 nitrogen and oxygen atoms in total. The summed E-state index contributed by atoms with van der Waals surface area (Å²) in [4.78, 5) is 11.9. The topological polar surface area (TPSA) is 109 Å². The molecule has 0 fully saturated rings. The van der Waals surface area contributed by atoms with E-state index >= 15 is 0 Å². The number of carbonyl (C=O) groups is 1. The highest BCUT2D eigenvalue weighted by Gasteiger charge is 2.38. The Labute approximate surface area is 183 Å². The number of primary sulfonamides is 1. The molecule has 0 aromatic heterocycles. The molecule has 0 amide bonds. The maximum absolute atomic E-state index is 11.8. The van der Waals surface area contributed by atoms with Crippen molar-refractivity contribution < 1.29 is 18.3 Å². The first-order valence-corrected chi connectivity index (χ1v) is 11.9. The highest BCUT2D eigenvalue weighted by atomic mass is 32.2. The molecule has 2 aromatic rings. The standard InChI is InChI=1S/C24H28N2O4S/c1-24(2,3)13-15-11-14(7-9-17(15)23(27)28)22-19-6-4-5-18(19)20-12-16(31(25,29)30)8-10-21(20)26-22/h4-5,7-12,18-19,22,26H,6,13H2,1-3H3,(H,27,28)(H2,25,29,30). The van der Waals surface area contributed by atoms with Gasteiger partial charge in [-0.1, -0.05) is 45.1 Å². The summed E-state index contributed by atoms with van der Waals surface area (Å²) in [6.07, 6.45) is 5.78. The fourth-order valence-electron chi connectivity index (χ4n) is 4.81. The van der Waals surface area contributed by atoms with E-state index in [4.69, 9.17) is 5.14 Å². The van der Waals surface area contributed by atoms with Crippen LogP contribution in [0.15, 0.2) is 53.4 Å². The lowest BCUT2D eigenvalue weighted by atomic mass is 9.76. The quantitative estimate of drug-likeness (QED) is 0.609. The first-order chi connectivity index (χ1) is 14.4. The van der Waals surface area contributed by atoms with E-state index in [2.05, 4.69) is 38.2 Å². The van der Waals surface area contributed by atoms with Crippen LogP contribution < -0.4 is 10.5 Å². The monoisotopic (exact) mass is 440 g/mol. The maximum atomic E-state index is 11.8. The van der Waals surface area contributed by atoms with Gasteiger partial charge in [-0.05, 0) is 65.1 Å². The Kier molecular flexibility index (Phi) is 5.22. The fraction of sp³-hybridized carbons (Fsp3) is 0.375. The van der Waals surface area contributed by atoms with Gasteiger partial charge in [-0.2, -0.15) is 0 Å². The molecule has 3 unspecified atom stereocenters. The summed E-state index contributed by atoms with van der Waals surface area (Å²) in [6, 6.07) is 10.6. The van der Waals surface area contributed by atoms with E-state index in [1.165, 1.54) is 6.07 Å². The van der Waals surface area contributed by atoms with Crippen molar-refractivity contribution in [2.24, 2.45) is 16.5 Å². The van der Waals surface area contributed by atoms with Crippen molar-refractivity contribution in [3.05, 3.63) is 70.8 Å². The Bertz CT molecular complexity index is 1180. The van der Waals surface area contributed by atoms with E-state index in [1.54, 1.807) is 18.2 Å². The van der Waals surface area contributed by atoms with Gasteiger partial charge < -0.3 is 10.4 Å². The molecule has 4 rings (SSSR count). The molecule has 2 aliphatic rings. The fourth-order valence-corrected chi connectivity index (χ4v) is 5.36. The van der Waals surface area contributed by atoms with Crippen molar-refractivity contribution in [1.82, 2.24) is 0 Å². The number of allylic oxidation sites excluding steroid dienone is 2. The summed E-state index contributed by atoms with van der Waals surface area (Å²) < 4.78 is 23.7. The van der Waals surface area contributed by atoms with Crippen LogP contribution in [-0.2, 0) is 16.4 Å². The molecule has 0 saturated carbocycles. The number of nitrogens with one attached hydrogen (secondary N) is 1. The van der Waals surface area contributed by atoms with Crippen LogP contribution >= 0.6 is 0 Å². The molecule has 3 atom stereocenters. The van der Waals surface area contributed by atoms with E-state index in [9.17, 15) is 18.3 Å². The van der Waals surface area contributed by atoms with Crippen LogP contribution in [0, 0.1) is 11.3 Å². The van der Waals surface area contributed by atoms with Crippen LogP contribution in [0.4, 0.5) is 5.69 Å². The second kappa shape index (κ2) is 7.50. The third-order valence-electron chi connectivity index (χ3n) is 6.10. The summed E-state index contributed by atoms with van der Waals surface area (Å²) in [5.74, 6) is -0.627. The molecule has 1 heterocycles. The molecule has 164 valence electrons. The van der Waals surface area contributed by atoms with Gasteiger partial charge in [0.15, 0.2) is 0 Å². The van der Waals surface area contributed by atoms with Gasteiger partial charge in [0.05, 0.1) is 16.5 Å². The summed E-state index contributed by atoms with van der Waals surface area (Å²) in [5, 5.41) is 18.6. The highest BCUT2D eigenvalue weighted by molar-refractivity contribution is 7.89. The number of sulfonamides is 1. The Morgan fingerprint density at radius 1 is 1.19 bits per heavy atom. The first kappa shape index (κ1) is 21.6. The third kappa shape index (κ3) is 4.25. The molecule has 0 spiro atoms. The average molecular weight is 441 g/mol. The molecule has 0 saturated heterocycles. The average Bonchev–Trinajstić information content (AvgIpc) is 3.14. The van der Waals surface area contributed by atoms with Gasteiger partial charge in [-0.3, -0.25) is 0 Å². The Hall–Kier alpha value is -2.64. The van der Waals surface area contributed by atoms with E-state index in [0.29, 0.717) is 12.0 Å². The van der Waals surface area contributed by atoms with Crippen LogP contribution in [-0.4, -0.2) is 19.5 Å². The summed E-state index contributed by atoms with van der Waals surface area (Å²) in [5.41, 5.74) is 3.98. The lowest BCUT2D eigenvalue weighted by Gasteiger charge is -2.38. The zero-order valence-electron chi connectivity index (χ0n) is 17.9. The number of carboxylic acids is 1. The van der Waals surface area contributed by atoms with Gasteiger partial charge in [-0.15, -0.1) is 0 Å². The van der Waals surface area contributed by atoms with E-state index < -0.39 is 16.0 Å². The molecule has 31 heavy (non-hydrogen) atoms. The number of hydrogen-bond acceptors (Lipinski definition) is 4. The number of hydrogen-bond donors (Lipinski definition) is 3. The molecule has 1 aliphatic carbocycles. The molecule has 4 N–H and O–H groups in total. The predicted octanol–water partition coefficient (Wildman–Crippen LogP) is 4.45. The zero-order chi connectivity index (χ0) is 22.6. The third-order valence-corrected chi connectivity index (χ3v) is 7.01. The van der Waals surface area contributed by atoms with Crippen molar-refractivity contribution in [3.63, 3.8) is 0 Å². The SMILES string of the molecule is CC(C)(C)Cc1cc(C2Nc3ccc(S(N)(=O)=O)cc3C3C=CCC32)ccc1C(=O)O. The van der Waals surface area contributed by atoms with Crippen LogP contribution in [0.2, 0.25) is 0 Å². The van der Waals surface area contributed by atoms with E-state index in [0.717, 1.165) is 28.8 Å². The van der Waals surface area contributed by atoms with Gasteiger partial charge in [0.1, 0.15) is 0 Å². The second-order valence-corrected chi connectivity index (χ2v) is 11.3. The molecule has 0 bridgehead atoms. The Morgan fingerprint density at radius 3 is 2.58 bits per heavy atom. The lowest BCUT2D eigenvalue weighted by molar-refractivity contribution is 0.0695. The van der Waals surface area contributed by atoms with Crippen LogP contribution in [0.3, 0.4) is 0 Å². The van der Waals surface area contributed by atoms with Crippen LogP contribution in [0.25, 0.3) is 0 Å². The molecule has 0 radical (unpaired) electrons. The maximum Gasteiger partial charge on any atom is 0.335 e. The predicted molar refractivity (Wildman–Crippen MR) is 121 cm³/mol. The molecule has 7 heteroatoms. The molecule has 2 aromatic carbocycles. The van der Waals surface area contributed by atoms with Gasteiger partial charge in [-0.25, -0.2) is 18.4 Å². The van der Waals surface area contributed by atoms with Gasteiger partial charge >= 0.3 is 5.97 Å². The molecular formula is C24H28N2O4S. The lowest BCUT2D eigenvalue weighted by Crippen LogP contribution is -2.29. The Balaban J connectivity index is 1.76. The largest absolute Gasteiger partial charge is 0.478 e. The minimum atomic E-state index is -3.77. The number of benzene rings is 2. The number of rotatable bonds is 4. The van der Waals surface area contributed by atoms with Crippen LogP contribution in [0.1, 0.15) is 66.2 Å². The molecular weight excluding hydrogens is 412 g/mol. The normalized spacial score (nSPS) is 22.5. The van der Waals surface area contributed by atoms with Gasteiger partial charge in [0.25, 0.3) is 0 Å². The van der Waals surface area contributed by atoms with E-state index in [-0.39, 0.29) is 28.2 Å². The minimum absolute atomic E-state index is 0.00519. The summed E-state index contributed by atoms with van der Waals surface area (Å²) >= 11 is 0. The highest BCUT2D eigenvalue weighted by Crippen LogP contribution is 2.50. The first-order valence-electron chi connectivity index (χ1n) is 10.4. The minimum Gasteiger partial charge on any atom is -0.478 e. The number of anilines is 1. The number of nitrogens with two attached hydrogens (primary N) is 1. The summed E-state index contributed by atoms with van der Waals surface area (Å²) in [7, 11) is -3.77. The van der Waals surface area contributed by atoms with Crippen molar-refractivity contribution in [3.8, 4) is 0 Å². The zero-order valence-corrected chi connectivity index (χ0v) is 18.7. The van der Waals surface area contributed by atoms with Gasteiger partial charge in [0.2, 0.25) is 10.0 Å². The van der Waals surface area contributed by atoms with Crippen molar-refractivity contribution in [2.45, 2.75) is 50.5 Å². The van der Waals surface area contributed by atoms with E-state index in [1.807, 2.05) is 12.1 Å². The Morgan fingerprint density at radius 2 is 1.94 bits per heavy atom. The number of carboxylic acid groups (broad SMARTS) is 1. The number of fused-ring (bicyclic) bond motifs is 3. The van der Waals surface area contributed by atoms with Crippen molar-refractivity contribution in [2.75, 3.05) is 5.32 Å². The van der Waals surface area contributed by atoms with Gasteiger partial charge in [0, 0.05) is 11.6 Å². The smallest absolute Gasteiger partial charge is 0.335 e. The number of aromatic carboxylic acids is 1. The summed E-state index contributed by atoms with van der Waals surface area (Å²) in [6.45, 7) is 6.29. The second-order valence-electron chi connectivity index (χ2n) is 9.73. The molecule has 1 aliphatic heterocycles. The van der Waals surface area contributed by atoms with Crippen molar-refractivity contribution in [1.29, 1.82) is 0 Å².